The van der Waals surface area contributed by atoms with Crippen molar-refractivity contribution in [1.29, 1.82) is 0 Å². The number of fused-ring (bicyclic) bond motifs is 1. The number of aliphatic hydroxyl groups excluding tert-OH is 2. The quantitative estimate of drug-likeness (QED) is 0.609. The summed E-state index contributed by atoms with van der Waals surface area (Å²) in [5.41, 5.74) is -0.0413. The number of hydrogen-bond acceptors (Lipinski definition) is 8. The lowest BCUT2D eigenvalue weighted by molar-refractivity contribution is -0.0951. The van der Waals surface area contributed by atoms with E-state index >= 15 is 0 Å². The molecule has 108 valence electrons. The third kappa shape index (κ3) is 1.71. The van der Waals surface area contributed by atoms with Gasteiger partial charge >= 0.3 is 0 Å². The zero-order chi connectivity index (χ0) is 14.5. The highest BCUT2D eigenvalue weighted by atomic mass is 16.6. The van der Waals surface area contributed by atoms with Crippen LogP contribution in [0.15, 0.2) is 6.33 Å². The number of nitrogens with zero attached hydrogens (tertiary/aromatic N) is 5. The largest absolute Gasteiger partial charge is 0.394 e. The van der Waals surface area contributed by atoms with Gasteiger partial charge in [-0.2, -0.15) is 0 Å². The Morgan fingerprint density at radius 2 is 2.20 bits per heavy atom. The molecule has 2 aromatic rings. The van der Waals surface area contributed by atoms with Crippen molar-refractivity contribution in [2.45, 2.75) is 37.9 Å². The molecule has 0 saturated carbocycles. The van der Waals surface area contributed by atoms with Crippen LogP contribution in [-0.2, 0) is 4.74 Å². The summed E-state index contributed by atoms with van der Waals surface area (Å²) in [6, 6.07) is 0. The molecular weight excluding hydrogens is 266 g/mol. The van der Waals surface area contributed by atoms with Crippen molar-refractivity contribution in [2.24, 2.45) is 0 Å². The topological polar surface area (TPSA) is 126 Å². The van der Waals surface area contributed by atoms with Gasteiger partial charge < -0.3 is 20.1 Å². The van der Waals surface area contributed by atoms with Crippen molar-refractivity contribution in [1.82, 2.24) is 25.0 Å². The van der Waals surface area contributed by atoms with Crippen molar-refractivity contribution in [3.05, 3.63) is 12.0 Å². The number of imidazole rings is 1. The molecule has 0 amide bonds. The highest BCUT2D eigenvalue weighted by Gasteiger charge is 2.53. The van der Waals surface area contributed by atoms with Crippen LogP contribution in [0.25, 0.3) is 11.2 Å². The molecule has 0 spiro atoms. The molecule has 9 nitrogen and oxygen atoms in total. The number of aliphatic hydroxyl groups is 3. The Balaban J connectivity index is 2.10. The average Bonchev–Trinajstić information content (AvgIpc) is 2.92. The molecule has 0 radical (unpaired) electrons. The van der Waals surface area contributed by atoms with Gasteiger partial charge in [-0.05, 0) is 19.1 Å². The Labute approximate surface area is 113 Å². The van der Waals surface area contributed by atoms with Crippen molar-refractivity contribution in [2.75, 3.05) is 6.61 Å². The van der Waals surface area contributed by atoms with Crippen molar-refractivity contribution in [3.63, 3.8) is 0 Å². The van der Waals surface area contributed by atoms with Crippen molar-refractivity contribution in [3.8, 4) is 0 Å². The zero-order valence-corrected chi connectivity index (χ0v) is 11.0. The predicted octanol–water partition coefficient (Wildman–Crippen LogP) is -1.47. The van der Waals surface area contributed by atoms with E-state index in [2.05, 4.69) is 20.4 Å². The van der Waals surface area contributed by atoms with Crippen LogP contribution in [0.3, 0.4) is 0 Å². The standard InChI is InChI=1S/C11H15N5O4/c1-5-7-9(14-15-13-5)16(4-12-7)10-11(2,19)8(18)6(3-17)20-10/h4,6,8,10,17-19H,3H2,1-2H3/t6-,8-,10-,11-/m1/s1. The Morgan fingerprint density at radius 1 is 1.45 bits per heavy atom. The third-order valence-electron chi connectivity index (χ3n) is 3.63. The molecule has 0 aromatic carbocycles. The van der Waals surface area contributed by atoms with Crippen molar-refractivity contribution < 1.29 is 20.1 Å². The highest BCUT2D eigenvalue weighted by Crippen LogP contribution is 2.39. The summed E-state index contributed by atoms with van der Waals surface area (Å²) in [7, 11) is 0. The van der Waals surface area contributed by atoms with Crippen LogP contribution in [-0.4, -0.2) is 64.7 Å². The van der Waals surface area contributed by atoms with E-state index in [0.717, 1.165) is 0 Å². The summed E-state index contributed by atoms with van der Waals surface area (Å²) in [5, 5.41) is 40.9. The Kier molecular flexibility index (Phi) is 2.94. The third-order valence-corrected chi connectivity index (χ3v) is 3.63. The molecule has 1 fully saturated rings. The highest BCUT2D eigenvalue weighted by molar-refractivity contribution is 5.72. The maximum absolute atomic E-state index is 10.4. The van der Waals surface area contributed by atoms with Gasteiger partial charge in [0.25, 0.3) is 0 Å². The second kappa shape index (κ2) is 4.42. The smallest absolute Gasteiger partial charge is 0.188 e. The minimum atomic E-state index is -1.58. The van der Waals surface area contributed by atoms with Gasteiger partial charge in [0.2, 0.25) is 0 Å². The molecule has 4 atom stereocenters. The fourth-order valence-corrected chi connectivity index (χ4v) is 2.45. The summed E-state index contributed by atoms with van der Waals surface area (Å²) in [6.45, 7) is 2.78. The molecule has 3 N–H and O–H groups in total. The molecule has 1 aliphatic rings. The summed E-state index contributed by atoms with van der Waals surface area (Å²) < 4.78 is 7.00. The first-order valence-electron chi connectivity index (χ1n) is 6.16. The van der Waals surface area contributed by atoms with Gasteiger partial charge in [0.1, 0.15) is 23.3 Å². The van der Waals surface area contributed by atoms with E-state index in [9.17, 15) is 15.3 Å². The molecule has 1 aliphatic heterocycles. The van der Waals surface area contributed by atoms with Gasteiger partial charge in [-0.1, -0.05) is 0 Å². The van der Waals surface area contributed by atoms with Gasteiger partial charge in [0.15, 0.2) is 11.9 Å². The van der Waals surface area contributed by atoms with Crippen LogP contribution in [0.5, 0.6) is 0 Å². The first-order valence-corrected chi connectivity index (χ1v) is 6.16. The normalized spacial score (nSPS) is 34.0. The fraction of sp³-hybridized carbons (Fsp3) is 0.636. The number of aromatic nitrogens is 5. The van der Waals surface area contributed by atoms with Gasteiger partial charge in [-0.3, -0.25) is 4.57 Å². The second-order valence-corrected chi connectivity index (χ2v) is 5.08. The van der Waals surface area contributed by atoms with E-state index in [1.807, 2.05) is 0 Å². The first-order chi connectivity index (χ1) is 9.46. The maximum atomic E-state index is 10.4. The van der Waals surface area contributed by atoms with E-state index in [4.69, 9.17) is 4.74 Å². The SMILES string of the molecule is Cc1nnnc2c1ncn2[C@@H]1O[C@H](CO)[C@@H](O)[C@@]1(C)O. The summed E-state index contributed by atoms with van der Waals surface area (Å²) in [6.07, 6.45) is -1.57. The molecule has 1 saturated heterocycles. The van der Waals surface area contributed by atoms with Crippen LogP contribution in [0.4, 0.5) is 0 Å². The van der Waals surface area contributed by atoms with E-state index in [1.54, 1.807) is 6.92 Å². The van der Waals surface area contributed by atoms with E-state index < -0.39 is 30.6 Å². The lowest BCUT2D eigenvalue weighted by atomic mass is 9.96. The molecular formula is C11H15N5O4. The van der Waals surface area contributed by atoms with Gasteiger partial charge in [-0.25, -0.2) is 4.98 Å². The monoisotopic (exact) mass is 281 g/mol. The number of aryl methyl sites for hydroxylation is 1. The Bertz CT molecular complexity index is 643. The maximum Gasteiger partial charge on any atom is 0.188 e. The van der Waals surface area contributed by atoms with Crippen LogP contribution < -0.4 is 0 Å². The average molecular weight is 281 g/mol. The van der Waals surface area contributed by atoms with Crippen LogP contribution in [0, 0.1) is 6.92 Å². The van der Waals surface area contributed by atoms with Crippen LogP contribution >= 0.6 is 0 Å². The summed E-state index contributed by atoms with van der Waals surface area (Å²) in [4.78, 5) is 4.17. The van der Waals surface area contributed by atoms with E-state index in [-0.39, 0.29) is 0 Å². The van der Waals surface area contributed by atoms with E-state index in [1.165, 1.54) is 17.8 Å². The number of ether oxygens (including phenoxy) is 1. The van der Waals surface area contributed by atoms with E-state index in [0.29, 0.717) is 16.9 Å². The molecule has 9 heteroatoms. The molecule has 20 heavy (non-hydrogen) atoms. The summed E-state index contributed by atoms with van der Waals surface area (Å²) >= 11 is 0. The predicted molar refractivity (Wildman–Crippen MR) is 65.5 cm³/mol. The fourth-order valence-electron chi connectivity index (χ4n) is 2.45. The second-order valence-electron chi connectivity index (χ2n) is 5.08. The molecule has 2 aromatic heterocycles. The first kappa shape index (κ1) is 13.3. The van der Waals surface area contributed by atoms with Gasteiger partial charge in [0, 0.05) is 0 Å². The molecule has 0 unspecified atom stereocenters. The molecule has 3 heterocycles. The minimum Gasteiger partial charge on any atom is -0.394 e. The number of rotatable bonds is 2. The zero-order valence-electron chi connectivity index (χ0n) is 11.0. The number of hydrogen-bond donors (Lipinski definition) is 3. The molecule has 0 bridgehead atoms. The van der Waals surface area contributed by atoms with Crippen molar-refractivity contribution >= 4 is 11.2 Å². The Morgan fingerprint density at radius 3 is 2.85 bits per heavy atom. The van der Waals surface area contributed by atoms with Gasteiger partial charge in [0.05, 0.1) is 18.6 Å². The molecule has 0 aliphatic carbocycles. The minimum absolute atomic E-state index is 0.396. The lowest BCUT2D eigenvalue weighted by Crippen LogP contribution is -2.44. The lowest BCUT2D eigenvalue weighted by Gasteiger charge is -2.27. The summed E-state index contributed by atoms with van der Waals surface area (Å²) in [5.74, 6) is 0. The van der Waals surface area contributed by atoms with Crippen LogP contribution in [0.1, 0.15) is 18.8 Å². The Hall–Kier alpha value is -1.68. The van der Waals surface area contributed by atoms with Gasteiger partial charge in [-0.15, -0.1) is 10.2 Å². The molecule has 3 rings (SSSR count). The van der Waals surface area contributed by atoms with Crippen LogP contribution in [0.2, 0.25) is 0 Å².